The van der Waals surface area contributed by atoms with E-state index in [0.29, 0.717) is 5.22 Å². The van der Waals surface area contributed by atoms with Crippen LogP contribution in [0.25, 0.3) is 0 Å². The predicted molar refractivity (Wildman–Crippen MR) is 64.6 cm³/mol. The molecule has 86 valence electrons. The number of halogens is 1. The van der Waals surface area contributed by atoms with Crippen LogP contribution in [0, 0.1) is 0 Å². The van der Waals surface area contributed by atoms with E-state index in [1.165, 1.54) is 0 Å². The molecule has 1 aromatic heterocycles. The zero-order valence-corrected chi connectivity index (χ0v) is 10.4. The molecule has 0 atom stereocenters. The number of methoxy groups -OCH3 is 1. The van der Waals surface area contributed by atoms with Crippen LogP contribution in [0.5, 0.6) is 0 Å². The van der Waals surface area contributed by atoms with E-state index in [4.69, 9.17) is 20.8 Å². The predicted octanol–water partition coefficient (Wildman–Crippen LogP) is 2.40. The number of nitrogens with one attached hydrogen (secondary N) is 1. The fourth-order valence-corrected chi connectivity index (χ4v) is 2.00. The summed E-state index contributed by atoms with van der Waals surface area (Å²) in [7, 11) is 1.71. The van der Waals surface area contributed by atoms with E-state index in [0.717, 1.165) is 37.0 Å². The third kappa shape index (κ3) is 6.10. The van der Waals surface area contributed by atoms with Crippen molar-refractivity contribution in [1.29, 1.82) is 0 Å². The minimum atomic E-state index is 0.462. The second-order valence-electron chi connectivity index (χ2n) is 3.00. The standard InChI is InChI=1S/C10H16ClNO2S/c1-13-6-4-12-5-7-15-8-9-2-3-10(11)14-9/h2-3,12H,4-8H2,1H3. The smallest absolute Gasteiger partial charge is 0.193 e. The molecule has 1 heterocycles. The molecule has 15 heavy (non-hydrogen) atoms. The number of hydrogen-bond acceptors (Lipinski definition) is 4. The highest BCUT2D eigenvalue weighted by molar-refractivity contribution is 7.98. The van der Waals surface area contributed by atoms with Crippen molar-refractivity contribution in [1.82, 2.24) is 5.32 Å². The van der Waals surface area contributed by atoms with Crippen LogP contribution in [0.15, 0.2) is 16.5 Å². The van der Waals surface area contributed by atoms with E-state index >= 15 is 0 Å². The van der Waals surface area contributed by atoms with E-state index < -0.39 is 0 Å². The maximum absolute atomic E-state index is 5.66. The molecule has 0 amide bonds. The summed E-state index contributed by atoms with van der Waals surface area (Å²) >= 11 is 7.48. The Morgan fingerprint density at radius 1 is 1.47 bits per heavy atom. The topological polar surface area (TPSA) is 34.4 Å². The summed E-state index contributed by atoms with van der Waals surface area (Å²) in [5.41, 5.74) is 0. The minimum absolute atomic E-state index is 0.462. The molecule has 3 nitrogen and oxygen atoms in total. The van der Waals surface area contributed by atoms with Crippen molar-refractivity contribution in [2.75, 3.05) is 32.6 Å². The summed E-state index contributed by atoms with van der Waals surface area (Å²) in [6.45, 7) is 2.66. The second-order valence-corrected chi connectivity index (χ2v) is 4.48. The van der Waals surface area contributed by atoms with Crippen molar-refractivity contribution in [2.45, 2.75) is 5.75 Å². The molecule has 0 saturated heterocycles. The van der Waals surface area contributed by atoms with Gasteiger partial charge in [-0.1, -0.05) is 0 Å². The summed E-state index contributed by atoms with van der Waals surface area (Å²) in [5.74, 6) is 2.86. The van der Waals surface area contributed by atoms with E-state index in [-0.39, 0.29) is 0 Å². The van der Waals surface area contributed by atoms with E-state index in [1.807, 2.05) is 17.8 Å². The minimum Gasteiger partial charge on any atom is -0.449 e. The number of ether oxygens (including phenoxy) is 1. The zero-order valence-electron chi connectivity index (χ0n) is 8.79. The van der Waals surface area contributed by atoms with E-state index in [2.05, 4.69) is 5.32 Å². The van der Waals surface area contributed by atoms with Crippen molar-refractivity contribution in [2.24, 2.45) is 0 Å². The maximum Gasteiger partial charge on any atom is 0.193 e. The summed E-state index contributed by atoms with van der Waals surface area (Å²) in [6.07, 6.45) is 0. The van der Waals surface area contributed by atoms with Gasteiger partial charge in [-0.2, -0.15) is 11.8 Å². The van der Waals surface area contributed by atoms with Crippen LogP contribution >= 0.6 is 23.4 Å². The molecule has 0 aromatic carbocycles. The number of rotatable bonds is 8. The number of furan rings is 1. The lowest BCUT2D eigenvalue weighted by molar-refractivity contribution is 0.200. The molecular formula is C10H16ClNO2S. The first-order chi connectivity index (χ1) is 7.33. The van der Waals surface area contributed by atoms with Gasteiger partial charge >= 0.3 is 0 Å². The van der Waals surface area contributed by atoms with Crippen LogP contribution < -0.4 is 5.32 Å². The molecule has 0 aliphatic rings. The van der Waals surface area contributed by atoms with E-state index in [9.17, 15) is 0 Å². The van der Waals surface area contributed by atoms with Crippen molar-refractivity contribution in [3.05, 3.63) is 23.1 Å². The largest absolute Gasteiger partial charge is 0.449 e. The van der Waals surface area contributed by atoms with Gasteiger partial charge in [-0.15, -0.1) is 0 Å². The van der Waals surface area contributed by atoms with Gasteiger partial charge < -0.3 is 14.5 Å². The molecule has 0 saturated carbocycles. The third-order valence-corrected chi connectivity index (χ3v) is 2.96. The van der Waals surface area contributed by atoms with Gasteiger partial charge in [0.1, 0.15) is 5.76 Å². The highest BCUT2D eigenvalue weighted by atomic mass is 35.5. The number of thioether (sulfide) groups is 1. The van der Waals surface area contributed by atoms with Crippen molar-refractivity contribution in [3.63, 3.8) is 0 Å². The van der Waals surface area contributed by atoms with Gasteiger partial charge in [0, 0.05) is 26.0 Å². The highest BCUT2D eigenvalue weighted by Gasteiger charge is 1.99. The second kappa shape index (κ2) is 8.05. The lowest BCUT2D eigenvalue weighted by atomic mass is 10.5. The van der Waals surface area contributed by atoms with Crippen LogP contribution in [0.2, 0.25) is 5.22 Å². The maximum atomic E-state index is 5.66. The Kier molecular flexibility index (Phi) is 6.92. The van der Waals surface area contributed by atoms with Crippen molar-refractivity contribution < 1.29 is 9.15 Å². The van der Waals surface area contributed by atoms with Gasteiger partial charge in [-0.3, -0.25) is 0 Å². The SMILES string of the molecule is COCCNCCSCc1ccc(Cl)o1. The molecule has 1 aromatic rings. The molecule has 0 aliphatic carbocycles. The molecule has 1 N–H and O–H groups in total. The average Bonchev–Trinajstić information content (AvgIpc) is 2.63. The molecule has 1 rings (SSSR count). The van der Waals surface area contributed by atoms with Gasteiger partial charge in [0.15, 0.2) is 5.22 Å². The average molecular weight is 250 g/mol. The molecule has 0 bridgehead atoms. The van der Waals surface area contributed by atoms with Crippen molar-refractivity contribution >= 4 is 23.4 Å². The first-order valence-electron chi connectivity index (χ1n) is 4.84. The molecule has 0 radical (unpaired) electrons. The number of hydrogen-bond donors (Lipinski definition) is 1. The van der Waals surface area contributed by atoms with Crippen LogP contribution in [0.3, 0.4) is 0 Å². The molecule has 0 fully saturated rings. The Hall–Kier alpha value is -0.160. The summed E-state index contributed by atoms with van der Waals surface area (Å²) in [4.78, 5) is 0. The van der Waals surface area contributed by atoms with Crippen LogP contribution in [0.1, 0.15) is 5.76 Å². The Morgan fingerprint density at radius 3 is 3.00 bits per heavy atom. The Balaban J connectivity index is 1.93. The van der Waals surface area contributed by atoms with Crippen LogP contribution in [-0.4, -0.2) is 32.6 Å². The molecular weight excluding hydrogens is 234 g/mol. The lowest BCUT2D eigenvalue weighted by Crippen LogP contribution is -2.21. The first-order valence-corrected chi connectivity index (χ1v) is 6.38. The lowest BCUT2D eigenvalue weighted by Gasteiger charge is -2.02. The van der Waals surface area contributed by atoms with Crippen LogP contribution in [-0.2, 0) is 10.5 Å². The molecule has 0 unspecified atom stereocenters. The van der Waals surface area contributed by atoms with E-state index in [1.54, 1.807) is 13.2 Å². The first kappa shape index (κ1) is 12.9. The van der Waals surface area contributed by atoms with Gasteiger partial charge in [-0.05, 0) is 23.7 Å². The molecule has 0 aliphatic heterocycles. The zero-order chi connectivity index (χ0) is 10.9. The fraction of sp³-hybridized carbons (Fsp3) is 0.600. The molecule has 5 heteroatoms. The summed E-state index contributed by atoms with van der Waals surface area (Å²) in [6, 6.07) is 3.68. The van der Waals surface area contributed by atoms with Gasteiger partial charge in [0.25, 0.3) is 0 Å². The fourth-order valence-electron chi connectivity index (χ4n) is 1.05. The van der Waals surface area contributed by atoms with Gasteiger partial charge in [-0.25, -0.2) is 0 Å². The Labute approximate surface area is 99.5 Å². The molecule has 0 spiro atoms. The van der Waals surface area contributed by atoms with Gasteiger partial charge in [0.05, 0.1) is 12.4 Å². The highest BCUT2D eigenvalue weighted by Crippen LogP contribution is 2.17. The quantitative estimate of drug-likeness (QED) is 0.718. The summed E-state index contributed by atoms with van der Waals surface area (Å²) in [5, 5.41) is 3.74. The Morgan fingerprint density at radius 2 is 2.33 bits per heavy atom. The van der Waals surface area contributed by atoms with Gasteiger partial charge in [0.2, 0.25) is 0 Å². The van der Waals surface area contributed by atoms with Crippen molar-refractivity contribution in [3.8, 4) is 0 Å². The normalized spacial score (nSPS) is 10.8. The third-order valence-electron chi connectivity index (χ3n) is 1.78. The van der Waals surface area contributed by atoms with Crippen LogP contribution in [0.4, 0.5) is 0 Å². The summed E-state index contributed by atoms with van der Waals surface area (Å²) < 4.78 is 10.2. The Bertz CT molecular complexity index is 268. The monoisotopic (exact) mass is 249 g/mol.